The number of nitrogens with zero attached hydrogens (tertiary/aromatic N) is 2. The summed E-state index contributed by atoms with van der Waals surface area (Å²) in [5.74, 6) is -2.12. The van der Waals surface area contributed by atoms with Crippen LogP contribution in [0.4, 0.5) is 10.1 Å². The Balaban J connectivity index is 2.31. The van der Waals surface area contributed by atoms with E-state index < -0.39 is 17.5 Å². The first-order valence-corrected chi connectivity index (χ1v) is 6.19. The molecule has 20 heavy (non-hydrogen) atoms. The number of carbonyl (C=O) groups excluding carboxylic acids is 3. The van der Waals surface area contributed by atoms with Gasteiger partial charge in [-0.1, -0.05) is 0 Å². The van der Waals surface area contributed by atoms with Gasteiger partial charge in [0.2, 0.25) is 5.91 Å². The fourth-order valence-electron chi connectivity index (χ4n) is 2.25. The second kappa shape index (κ2) is 5.03. The first kappa shape index (κ1) is 14.2. The van der Waals surface area contributed by atoms with E-state index >= 15 is 0 Å². The summed E-state index contributed by atoms with van der Waals surface area (Å²) in [6.07, 6.45) is 0.113. The molecule has 0 radical (unpaired) electrons. The van der Waals surface area contributed by atoms with Crippen LogP contribution in [0.1, 0.15) is 22.3 Å². The molecule has 0 aromatic heterocycles. The fourth-order valence-corrected chi connectivity index (χ4v) is 2.25. The van der Waals surface area contributed by atoms with Gasteiger partial charge in [-0.05, 0) is 24.6 Å². The van der Waals surface area contributed by atoms with E-state index in [9.17, 15) is 18.8 Å². The lowest BCUT2D eigenvalue weighted by atomic mass is 10.1. The second-order valence-corrected chi connectivity index (χ2v) is 4.94. The zero-order chi connectivity index (χ0) is 15.0. The monoisotopic (exact) mass is 278 g/mol. The smallest absolute Gasteiger partial charge is 0.299 e. The predicted molar refractivity (Wildman–Crippen MR) is 71.1 cm³/mol. The summed E-state index contributed by atoms with van der Waals surface area (Å²) in [6, 6.07) is 2.34. The van der Waals surface area contributed by atoms with Crippen molar-refractivity contribution in [2.75, 3.05) is 25.5 Å². The number of fused-ring (bicyclic) bond motifs is 1. The van der Waals surface area contributed by atoms with Crippen LogP contribution in [0.15, 0.2) is 12.1 Å². The first-order valence-electron chi connectivity index (χ1n) is 6.19. The molecule has 1 aromatic carbocycles. The van der Waals surface area contributed by atoms with E-state index in [1.54, 1.807) is 21.0 Å². The molecule has 0 unspecified atom stereocenters. The summed E-state index contributed by atoms with van der Waals surface area (Å²) in [6.45, 7) is 1.75. The molecule has 0 aliphatic carbocycles. The van der Waals surface area contributed by atoms with Crippen LogP contribution in [0.3, 0.4) is 0 Å². The number of hydrogen-bond donors (Lipinski definition) is 0. The van der Waals surface area contributed by atoms with Crippen molar-refractivity contribution >= 4 is 23.3 Å². The Morgan fingerprint density at radius 2 is 1.95 bits per heavy atom. The quantitative estimate of drug-likeness (QED) is 0.779. The van der Waals surface area contributed by atoms with Gasteiger partial charge in [0.1, 0.15) is 5.82 Å². The predicted octanol–water partition coefficient (Wildman–Crippen LogP) is 1.14. The van der Waals surface area contributed by atoms with Crippen LogP contribution >= 0.6 is 0 Å². The zero-order valence-corrected chi connectivity index (χ0v) is 11.6. The number of benzene rings is 1. The number of hydrogen-bond acceptors (Lipinski definition) is 3. The molecular weight excluding hydrogens is 263 g/mol. The van der Waals surface area contributed by atoms with E-state index in [1.807, 2.05) is 0 Å². The van der Waals surface area contributed by atoms with E-state index in [0.717, 1.165) is 6.07 Å². The number of Topliss-reactive ketones (excluding diaryl/α,β-unsaturated/α-hetero) is 1. The number of anilines is 1. The summed E-state index contributed by atoms with van der Waals surface area (Å²) < 4.78 is 13.3. The molecule has 0 atom stereocenters. The highest BCUT2D eigenvalue weighted by Crippen LogP contribution is 2.33. The van der Waals surface area contributed by atoms with Crippen molar-refractivity contribution in [3.63, 3.8) is 0 Å². The lowest BCUT2D eigenvalue weighted by Gasteiger charge is -2.19. The minimum absolute atomic E-state index is 0.0739. The molecule has 0 bridgehead atoms. The molecule has 0 saturated heterocycles. The summed E-state index contributed by atoms with van der Waals surface area (Å²) in [7, 11) is 3.24. The van der Waals surface area contributed by atoms with Crippen LogP contribution in [0.2, 0.25) is 0 Å². The average Bonchev–Trinajstić information content (AvgIpc) is 2.60. The van der Waals surface area contributed by atoms with Gasteiger partial charge < -0.3 is 9.80 Å². The highest BCUT2D eigenvalue weighted by Gasteiger charge is 2.37. The van der Waals surface area contributed by atoms with Gasteiger partial charge in [-0.3, -0.25) is 14.4 Å². The normalized spacial score (nSPS) is 13.7. The maximum absolute atomic E-state index is 13.3. The van der Waals surface area contributed by atoms with Gasteiger partial charge >= 0.3 is 0 Å². The Morgan fingerprint density at radius 3 is 2.55 bits per heavy atom. The van der Waals surface area contributed by atoms with Crippen molar-refractivity contribution in [3.8, 4) is 0 Å². The molecule has 1 aliphatic heterocycles. The molecule has 106 valence electrons. The van der Waals surface area contributed by atoms with Gasteiger partial charge in [0.25, 0.3) is 11.7 Å². The third kappa shape index (κ3) is 2.29. The molecule has 1 aromatic rings. The minimum Gasteiger partial charge on any atom is -0.349 e. The van der Waals surface area contributed by atoms with Crippen molar-refractivity contribution in [3.05, 3.63) is 29.1 Å². The minimum atomic E-state index is -0.722. The molecule has 0 N–H and O–H groups in total. The van der Waals surface area contributed by atoms with Gasteiger partial charge in [-0.25, -0.2) is 4.39 Å². The van der Waals surface area contributed by atoms with Gasteiger partial charge in [0, 0.05) is 27.1 Å². The Hall–Kier alpha value is -2.24. The molecule has 1 aliphatic rings. The Kier molecular flexibility index (Phi) is 3.57. The number of carbonyl (C=O) groups is 3. The highest BCUT2D eigenvalue weighted by molar-refractivity contribution is 6.52. The molecule has 2 rings (SSSR count). The zero-order valence-electron chi connectivity index (χ0n) is 11.6. The highest BCUT2D eigenvalue weighted by atomic mass is 19.1. The lowest BCUT2D eigenvalue weighted by molar-refractivity contribution is -0.128. The van der Waals surface area contributed by atoms with Crippen molar-refractivity contribution < 1.29 is 18.8 Å². The molecule has 0 spiro atoms. The number of rotatable bonds is 3. The maximum Gasteiger partial charge on any atom is 0.299 e. The van der Waals surface area contributed by atoms with Crippen molar-refractivity contribution in [1.82, 2.24) is 4.90 Å². The Bertz CT molecular complexity index is 611. The molecule has 6 heteroatoms. The number of ketones is 1. The van der Waals surface area contributed by atoms with Crippen LogP contribution in [-0.4, -0.2) is 43.1 Å². The standard InChI is InChI=1S/C14H15FN2O3/c1-8-6-9(15)7-10-12(8)17(14(20)13(10)19)5-4-11(18)16(2)3/h6-7H,4-5H2,1-3H3. The Labute approximate surface area is 116 Å². The van der Waals surface area contributed by atoms with E-state index in [-0.39, 0.29) is 24.4 Å². The number of aryl methyl sites for hydroxylation is 1. The van der Waals surface area contributed by atoms with E-state index in [4.69, 9.17) is 0 Å². The molecule has 2 amide bonds. The van der Waals surface area contributed by atoms with E-state index in [0.29, 0.717) is 11.3 Å². The maximum atomic E-state index is 13.3. The molecule has 1 heterocycles. The fraction of sp³-hybridized carbons (Fsp3) is 0.357. The Morgan fingerprint density at radius 1 is 1.30 bits per heavy atom. The summed E-state index contributed by atoms with van der Waals surface area (Å²) in [5.41, 5.74) is 0.995. The summed E-state index contributed by atoms with van der Waals surface area (Å²) in [5, 5.41) is 0. The first-order chi connectivity index (χ1) is 9.32. The van der Waals surface area contributed by atoms with E-state index in [1.165, 1.54) is 15.9 Å². The molecular formula is C14H15FN2O3. The number of halogens is 1. The van der Waals surface area contributed by atoms with E-state index in [2.05, 4.69) is 0 Å². The topological polar surface area (TPSA) is 57.7 Å². The van der Waals surface area contributed by atoms with Gasteiger partial charge in [-0.15, -0.1) is 0 Å². The largest absolute Gasteiger partial charge is 0.349 e. The third-order valence-corrected chi connectivity index (χ3v) is 3.27. The third-order valence-electron chi connectivity index (χ3n) is 3.27. The van der Waals surface area contributed by atoms with Crippen molar-refractivity contribution in [2.24, 2.45) is 0 Å². The number of amides is 2. The van der Waals surface area contributed by atoms with Crippen LogP contribution in [0.5, 0.6) is 0 Å². The van der Waals surface area contributed by atoms with Crippen LogP contribution in [-0.2, 0) is 9.59 Å². The van der Waals surface area contributed by atoms with Crippen molar-refractivity contribution in [2.45, 2.75) is 13.3 Å². The van der Waals surface area contributed by atoms with Gasteiger partial charge in [-0.2, -0.15) is 0 Å². The second-order valence-electron chi connectivity index (χ2n) is 4.94. The molecule has 0 saturated carbocycles. The van der Waals surface area contributed by atoms with Crippen molar-refractivity contribution in [1.29, 1.82) is 0 Å². The summed E-state index contributed by atoms with van der Waals surface area (Å²) >= 11 is 0. The average molecular weight is 278 g/mol. The molecule has 5 nitrogen and oxygen atoms in total. The summed E-state index contributed by atoms with van der Waals surface area (Å²) in [4.78, 5) is 38.0. The van der Waals surface area contributed by atoms with Crippen LogP contribution in [0, 0.1) is 12.7 Å². The van der Waals surface area contributed by atoms with Crippen LogP contribution < -0.4 is 4.90 Å². The SMILES string of the molecule is Cc1cc(F)cc2c1N(CCC(=O)N(C)C)C(=O)C2=O. The van der Waals surface area contributed by atoms with Gasteiger partial charge in [0.15, 0.2) is 0 Å². The molecule has 0 fully saturated rings. The van der Waals surface area contributed by atoms with Gasteiger partial charge in [0.05, 0.1) is 11.3 Å². The van der Waals surface area contributed by atoms with Crippen LogP contribution in [0.25, 0.3) is 0 Å². The lowest BCUT2D eigenvalue weighted by Crippen LogP contribution is -2.34.